The summed E-state index contributed by atoms with van der Waals surface area (Å²) in [4.78, 5) is 67.6. The second-order valence-corrected chi connectivity index (χ2v) is 11.4. The van der Waals surface area contributed by atoms with Gasteiger partial charge in [-0.2, -0.15) is 0 Å². The zero-order valence-corrected chi connectivity index (χ0v) is 30.4. The van der Waals surface area contributed by atoms with E-state index in [4.69, 9.17) is 33.9 Å². The molecule has 0 bridgehead atoms. The summed E-state index contributed by atoms with van der Waals surface area (Å²) in [5.74, 6) is -8.57. The van der Waals surface area contributed by atoms with Crippen molar-refractivity contribution in [2.24, 2.45) is 35.5 Å². The highest BCUT2D eigenvalue weighted by Gasteiger charge is 2.38. The Morgan fingerprint density at radius 3 is 1.04 bits per heavy atom. The monoisotopic (exact) mass is 680 g/mol. The molecule has 0 aliphatic carbocycles. The van der Waals surface area contributed by atoms with E-state index in [1.165, 1.54) is 28.3 Å². The van der Waals surface area contributed by atoms with Gasteiger partial charge in [-0.05, 0) is 47.0 Å². The summed E-state index contributed by atoms with van der Waals surface area (Å²) in [5.41, 5.74) is 0. The molecule has 0 aromatic carbocycles. The zero-order chi connectivity index (χ0) is 37.6. The Kier molecular flexibility index (Phi) is 26.6. The number of hydrogen-bond acceptors (Lipinski definition) is 11. The van der Waals surface area contributed by atoms with E-state index in [-0.39, 0.29) is 18.5 Å². The van der Waals surface area contributed by atoms with E-state index in [0.717, 1.165) is 0 Å². The molecule has 47 heavy (non-hydrogen) atoms. The number of carboxylic acid groups (broad SMARTS) is 3. The average molecular weight is 681 g/mol. The van der Waals surface area contributed by atoms with Gasteiger partial charge in [0, 0.05) is 27.2 Å². The fourth-order valence-corrected chi connectivity index (χ4v) is 4.95. The molecule has 0 aliphatic rings. The molecule has 0 spiro atoms. The number of ketones is 1. The van der Waals surface area contributed by atoms with Crippen LogP contribution in [-0.4, -0.2) is 103 Å². The lowest BCUT2D eigenvalue weighted by molar-refractivity contribution is -0.164. The highest BCUT2D eigenvalue weighted by Crippen LogP contribution is 2.24. The molecule has 276 valence electrons. The highest BCUT2D eigenvalue weighted by atomic mass is 16.5. The number of rotatable bonds is 20. The van der Waals surface area contributed by atoms with Crippen molar-refractivity contribution < 1.29 is 67.8 Å². The van der Waals surface area contributed by atoms with Crippen molar-refractivity contribution in [3.63, 3.8) is 0 Å². The fraction of sp³-hybridized carbons (Fsp3) is 0.818. The Balaban J connectivity index is -0.000000621. The molecule has 0 amide bonds. The Hall–Kier alpha value is -3.10. The van der Waals surface area contributed by atoms with Gasteiger partial charge in [0.15, 0.2) is 0 Å². The van der Waals surface area contributed by atoms with Gasteiger partial charge in [0.05, 0.1) is 60.6 Å². The third-order valence-electron chi connectivity index (χ3n) is 7.81. The van der Waals surface area contributed by atoms with Crippen LogP contribution in [0.2, 0.25) is 0 Å². The molecule has 0 radical (unpaired) electrons. The summed E-state index contributed by atoms with van der Waals surface area (Å²) in [7, 11) is 4.36. The molecule has 14 heteroatoms. The second-order valence-electron chi connectivity index (χ2n) is 11.4. The van der Waals surface area contributed by atoms with Crippen LogP contribution in [0.3, 0.4) is 0 Å². The topological polar surface area (TPSA) is 209 Å². The number of hydrogen-bond donors (Lipinski definition) is 3. The van der Waals surface area contributed by atoms with E-state index in [1.807, 2.05) is 20.8 Å². The van der Waals surface area contributed by atoms with E-state index in [9.17, 15) is 33.9 Å². The van der Waals surface area contributed by atoms with Crippen LogP contribution < -0.4 is 0 Å². The van der Waals surface area contributed by atoms with E-state index >= 15 is 0 Å². The van der Waals surface area contributed by atoms with Crippen molar-refractivity contribution >= 4 is 35.6 Å². The van der Waals surface area contributed by atoms with E-state index in [1.54, 1.807) is 41.5 Å². The normalized spacial score (nSPS) is 16.6. The Bertz CT molecular complexity index is 938. The standard InChI is InChI=1S/C12H22O5.C11H20O5.C10H18O4/c1-6-9(16-5)10(11(13)14)8(4)12(15)17-7(2)3;1-5-8(15-4)9(10(12)13)7(3)11(14)16-6-2;1-5-8(14-4)9(10(12)13)6(2)7(3)11/h7-10H,6H2,1-5H3,(H,13,14);7-9H,5-6H2,1-4H3,(H,12,13);6,8-9H,5H2,1-4H3,(H,12,13). The number of methoxy groups -OCH3 is 3. The molecule has 9 unspecified atom stereocenters. The summed E-state index contributed by atoms with van der Waals surface area (Å²) >= 11 is 0. The first-order chi connectivity index (χ1) is 21.8. The summed E-state index contributed by atoms with van der Waals surface area (Å²) in [6.07, 6.45) is 0.0576. The summed E-state index contributed by atoms with van der Waals surface area (Å²) in [5, 5.41) is 27.3. The Labute approximate surface area is 279 Å². The van der Waals surface area contributed by atoms with Crippen molar-refractivity contribution in [2.45, 2.75) is 113 Å². The van der Waals surface area contributed by atoms with Crippen LogP contribution in [0.4, 0.5) is 0 Å². The molecule has 0 aliphatic heterocycles. The van der Waals surface area contributed by atoms with Crippen molar-refractivity contribution in [1.82, 2.24) is 0 Å². The maximum Gasteiger partial charge on any atom is 0.310 e. The van der Waals surface area contributed by atoms with Gasteiger partial charge in [-0.15, -0.1) is 0 Å². The predicted octanol–water partition coefficient (Wildman–Crippen LogP) is 4.35. The average Bonchev–Trinajstić information content (AvgIpc) is 2.99. The molecule has 9 atom stereocenters. The van der Waals surface area contributed by atoms with Gasteiger partial charge in [-0.3, -0.25) is 28.8 Å². The minimum atomic E-state index is -1.04. The van der Waals surface area contributed by atoms with Gasteiger partial charge in [0.2, 0.25) is 0 Å². The third kappa shape index (κ3) is 17.6. The molecule has 0 heterocycles. The molecule has 3 N–H and O–H groups in total. The lowest BCUT2D eigenvalue weighted by Crippen LogP contribution is -2.39. The molecule has 0 aromatic heterocycles. The molecule has 14 nitrogen and oxygen atoms in total. The van der Waals surface area contributed by atoms with E-state index in [2.05, 4.69) is 0 Å². The van der Waals surface area contributed by atoms with Crippen LogP contribution in [0, 0.1) is 35.5 Å². The van der Waals surface area contributed by atoms with Crippen LogP contribution in [0.1, 0.15) is 88.5 Å². The molecular formula is C33H60O14. The smallest absolute Gasteiger partial charge is 0.310 e. The predicted molar refractivity (Wildman–Crippen MR) is 173 cm³/mol. The number of Topliss-reactive ketones (excluding diaryl/α,β-unsaturated/α-hetero) is 1. The highest BCUT2D eigenvalue weighted by molar-refractivity contribution is 5.84. The van der Waals surface area contributed by atoms with Crippen LogP contribution in [-0.2, 0) is 52.5 Å². The maximum absolute atomic E-state index is 11.7. The Morgan fingerprint density at radius 2 is 0.830 bits per heavy atom. The van der Waals surface area contributed by atoms with Gasteiger partial charge >= 0.3 is 29.8 Å². The van der Waals surface area contributed by atoms with Crippen molar-refractivity contribution in [2.75, 3.05) is 27.9 Å². The van der Waals surface area contributed by atoms with Crippen LogP contribution in [0.15, 0.2) is 0 Å². The summed E-state index contributed by atoms with van der Waals surface area (Å²) in [6.45, 7) is 17.0. The fourth-order valence-electron chi connectivity index (χ4n) is 4.95. The number of carbonyl (C=O) groups excluding carboxylic acids is 3. The van der Waals surface area contributed by atoms with Crippen molar-refractivity contribution in [3.05, 3.63) is 0 Å². The lowest BCUT2D eigenvalue weighted by atomic mass is 9.85. The van der Waals surface area contributed by atoms with Crippen LogP contribution in [0.5, 0.6) is 0 Å². The summed E-state index contributed by atoms with van der Waals surface area (Å²) < 4.78 is 25.1. The van der Waals surface area contributed by atoms with Crippen LogP contribution in [0.25, 0.3) is 0 Å². The number of aliphatic carboxylic acids is 3. The molecule has 0 rings (SSSR count). The van der Waals surface area contributed by atoms with Crippen molar-refractivity contribution in [3.8, 4) is 0 Å². The van der Waals surface area contributed by atoms with Gasteiger partial charge in [-0.25, -0.2) is 0 Å². The number of ether oxygens (including phenoxy) is 5. The van der Waals surface area contributed by atoms with E-state index in [0.29, 0.717) is 19.3 Å². The summed E-state index contributed by atoms with van der Waals surface area (Å²) in [6, 6.07) is 0. The van der Waals surface area contributed by atoms with Gasteiger partial charge in [0.1, 0.15) is 5.78 Å². The number of esters is 2. The molecular weight excluding hydrogens is 620 g/mol. The number of carboxylic acids is 3. The number of carbonyl (C=O) groups is 6. The SMILES string of the molecule is CCC(OC)C(C(=O)O)C(C)C(=O)OC(C)C.CCC(OC)C(C(=O)O)C(C)C(C)=O.CCOC(=O)C(C)C(C(=O)O)C(CC)OC. The maximum atomic E-state index is 11.7. The third-order valence-corrected chi connectivity index (χ3v) is 7.81. The second kappa shape index (κ2) is 25.9. The van der Waals surface area contributed by atoms with Gasteiger partial charge in [-0.1, -0.05) is 41.5 Å². The van der Waals surface area contributed by atoms with Crippen molar-refractivity contribution in [1.29, 1.82) is 0 Å². The van der Waals surface area contributed by atoms with Crippen LogP contribution >= 0.6 is 0 Å². The first-order valence-corrected chi connectivity index (χ1v) is 15.9. The first kappa shape index (κ1) is 48.3. The van der Waals surface area contributed by atoms with Gasteiger partial charge in [0.25, 0.3) is 0 Å². The van der Waals surface area contributed by atoms with Gasteiger partial charge < -0.3 is 39.0 Å². The molecule has 0 saturated heterocycles. The minimum Gasteiger partial charge on any atom is -0.481 e. The Morgan fingerprint density at radius 1 is 0.532 bits per heavy atom. The van der Waals surface area contributed by atoms with E-state index < -0.39 is 83.7 Å². The quantitative estimate of drug-likeness (QED) is 0.153. The minimum absolute atomic E-state index is 0.118. The first-order valence-electron chi connectivity index (χ1n) is 15.9. The molecule has 0 saturated carbocycles. The largest absolute Gasteiger partial charge is 0.481 e. The molecule has 0 fully saturated rings. The molecule has 0 aromatic rings. The lowest BCUT2D eigenvalue weighted by Gasteiger charge is -2.26. The zero-order valence-electron chi connectivity index (χ0n) is 30.4.